The van der Waals surface area contributed by atoms with Gasteiger partial charge in [0, 0.05) is 26.3 Å². The highest BCUT2D eigenvalue weighted by Gasteiger charge is 2.24. The fourth-order valence-corrected chi connectivity index (χ4v) is 2.98. The van der Waals surface area contributed by atoms with Gasteiger partial charge in [-0.2, -0.15) is 4.98 Å². The van der Waals surface area contributed by atoms with Gasteiger partial charge in [0.2, 0.25) is 5.95 Å². The van der Waals surface area contributed by atoms with Crippen LogP contribution in [0.1, 0.15) is 20.3 Å². The standard InChI is InChI=1S/C12H19BrN4/c1-8-4-9(2)7-17(6-8)11-10(13)5-15-12(14-3)16-11/h5,8-9H,4,6-7H2,1-3H3,(H,14,15,16). The van der Waals surface area contributed by atoms with Crippen molar-refractivity contribution in [2.24, 2.45) is 11.8 Å². The van der Waals surface area contributed by atoms with Crippen LogP contribution >= 0.6 is 15.9 Å². The lowest BCUT2D eigenvalue weighted by Gasteiger charge is -2.36. The van der Waals surface area contributed by atoms with E-state index >= 15 is 0 Å². The number of rotatable bonds is 2. The monoisotopic (exact) mass is 298 g/mol. The minimum atomic E-state index is 0.675. The number of nitrogens with zero attached hydrogens (tertiary/aromatic N) is 3. The van der Waals surface area contributed by atoms with Crippen LogP contribution in [-0.2, 0) is 0 Å². The first-order valence-corrected chi connectivity index (χ1v) is 6.84. The van der Waals surface area contributed by atoms with Crippen molar-refractivity contribution >= 4 is 27.7 Å². The summed E-state index contributed by atoms with van der Waals surface area (Å²) in [7, 11) is 1.84. The molecule has 1 aliphatic heterocycles. The van der Waals surface area contributed by atoms with Crippen molar-refractivity contribution in [2.45, 2.75) is 20.3 Å². The van der Waals surface area contributed by atoms with Gasteiger partial charge in [0.25, 0.3) is 0 Å². The fraction of sp³-hybridized carbons (Fsp3) is 0.667. The van der Waals surface area contributed by atoms with E-state index in [1.165, 1.54) is 6.42 Å². The molecule has 2 unspecified atom stereocenters. The summed E-state index contributed by atoms with van der Waals surface area (Å²) in [6.45, 7) is 6.75. The molecular formula is C12H19BrN4. The van der Waals surface area contributed by atoms with E-state index in [-0.39, 0.29) is 0 Å². The van der Waals surface area contributed by atoms with Gasteiger partial charge in [0.05, 0.1) is 4.47 Å². The van der Waals surface area contributed by atoms with Gasteiger partial charge >= 0.3 is 0 Å². The third kappa shape index (κ3) is 2.89. The Kier molecular flexibility index (Phi) is 3.86. The van der Waals surface area contributed by atoms with Crippen molar-refractivity contribution in [3.8, 4) is 0 Å². The van der Waals surface area contributed by atoms with Gasteiger partial charge in [-0.3, -0.25) is 0 Å². The Hall–Kier alpha value is -0.840. The van der Waals surface area contributed by atoms with Gasteiger partial charge in [-0.25, -0.2) is 4.98 Å². The molecule has 1 aliphatic rings. The van der Waals surface area contributed by atoms with Gasteiger partial charge in [-0.1, -0.05) is 13.8 Å². The first kappa shape index (κ1) is 12.6. The fourth-order valence-electron chi connectivity index (χ4n) is 2.54. The van der Waals surface area contributed by atoms with Gasteiger partial charge in [-0.05, 0) is 34.2 Å². The Morgan fingerprint density at radius 1 is 1.35 bits per heavy atom. The highest BCUT2D eigenvalue weighted by Crippen LogP contribution is 2.30. The predicted molar refractivity (Wildman–Crippen MR) is 74.4 cm³/mol. The van der Waals surface area contributed by atoms with Gasteiger partial charge in [0.15, 0.2) is 0 Å². The highest BCUT2D eigenvalue weighted by atomic mass is 79.9. The Labute approximate surface area is 111 Å². The summed E-state index contributed by atoms with van der Waals surface area (Å²) < 4.78 is 0.970. The average molecular weight is 299 g/mol. The second kappa shape index (κ2) is 5.21. The van der Waals surface area contributed by atoms with Crippen LogP contribution < -0.4 is 10.2 Å². The van der Waals surface area contributed by atoms with Crippen molar-refractivity contribution in [2.75, 3.05) is 30.4 Å². The maximum Gasteiger partial charge on any atom is 0.224 e. The smallest absolute Gasteiger partial charge is 0.224 e. The molecule has 0 aliphatic carbocycles. The third-order valence-electron chi connectivity index (χ3n) is 3.12. The minimum absolute atomic E-state index is 0.675. The molecule has 0 saturated carbocycles. The maximum absolute atomic E-state index is 4.54. The van der Waals surface area contributed by atoms with E-state index in [4.69, 9.17) is 0 Å². The van der Waals surface area contributed by atoms with Gasteiger partial charge in [0.1, 0.15) is 5.82 Å². The number of hydrogen-bond donors (Lipinski definition) is 1. The molecule has 0 radical (unpaired) electrons. The molecular weight excluding hydrogens is 280 g/mol. The summed E-state index contributed by atoms with van der Waals surface area (Å²) in [6.07, 6.45) is 3.12. The molecule has 2 heterocycles. The lowest BCUT2D eigenvalue weighted by molar-refractivity contribution is 0.355. The summed E-state index contributed by atoms with van der Waals surface area (Å²) >= 11 is 3.54. The number of piperidine rings is 1. The lowest BCUT2D eigenvalue weighted by atomic mass is 9.92. The number of hydrogen-bond acceptors (Lipinski definition) is 4. The molecule has 1 aromatic heterocycles. The molecule has 2 atom stereocenters. The van der Waals surface area contributed by atoms with Crippen molar-refractivity contribution in [3.05, 3.63) is 10.7 Å². The minimum Gasteiger partial charge on any atom is -0.357 e. The molecule has 0 aromatic carbocycles. The van der Waals surface area contributed by atoms with Crippen LogP contribution in [0.3, 0.4) is 0 Å². The van der Waals surface area contributed by atoms with Gasteiger partial charge in [-0.15, -0.1) is 0 Å². The molecule has 0 amide bonds. The Morgan fingerprint density at radius 2 is 2.00 bits per heavy atom. The largest absolute Gasteiger partial charge is 0.357 e. The van der Waals surface area contributed by atoms with E-state index in [2.05, 4.69) is 50.0 Å². The Morgan fingerprint density at radius 3 is 2.59 bits per heavy atom. The lowest BCUT2D eigenvalue weighted by Crippen LogP contribution is -2.39. The first-order valence-electron chi connectivity index (χ1n) is 6.05. The Bertz CT molecular complexity index is 386. The molecule has 1 N–H and O–H groups in total. The van der Waals surface area contributed by atoms with Crippen LogP contribution in [0.2, 0.25) is 0 Å². The molecule has 1 aromatic rings. The van der Waals surface area contributed by atoms with E-state index in [1.54, 1.807) is 0 Å². The van der Waals surface area contributed by atoms with Crippen molar-refractivity contribution in [1.29, 1.82) is 0 Å². The molecule has 4 nitrogen and oxygen atoms in total. The normalized spacial score (nSPS) is 24.8. The van der Waals surface area contributed by atoms with Crippen LogP contribution in [0.15, 0.2) is 10.7 Å². The zero-order chi connectivity index (χ0) is 12.4. The van der Waals surface area contributed by atoms with E-state index in [0.29, 0.717) is 5.95 Å². The first-order chi connectivity index (χ1) is 8.10. The predicted octanol–water partition coefficient (Wildman–Crippen LogP) is 2.76. The molecule has 1 saturated heterocycles. The summed E-state index contributed by atoms with van der Waals surface area (Å²) in [4.78, 5) is 11.1. The quantitative estimate of drug-likeness (QED) is 0.911. The van der Waals surface area contributed by atoms with Crippen molar-refractivity contribution in [3.63, 3.8) is 0 Å². The van der Waals surface area contributed by atoms with Gasteiger partial charge < -0.3 is 10.2 Å². The van der Waals surface area contributed by atoms with Crippen molar-refractivity contribution in [1.82, 2.24) is 9.97 Å². The summed E-state index contributed by atoms with van der Waals surface area (Å²) in [5.41, 5.74) is 0. The van der Waals surface area contributed by atoms with E-state index in [1.807, 2.05) is 13.2 Å². The molecule has 17 heavy (non-hydrogen) atoms. The number of aromatic nitrogens is 2. The third-order valence-corrected chi connectivity index (χ3v) is 3.68. The Balaban J connectivity index is 2.26. The van der Waals surface area contributed by atoms with E-state index in [0.717, 1.165) is 35.2 Å². The highest BCUT2D eigenvalue weighted by molar-refractivity contribution is 9.10. The van der Waals surface area contributed by atoms with Crippen LogP contribution in [0.5, 0.6) is 0 Å². The summed E-state index contributed by atoms with van der Waals surface area (Å²) in [5.74, 6) is 3.12. The number of anilines is 2. The van der Waals surface area contributed by atoms with Crippen LogP contribution in [0.25, 0.3) is 0 Å². The topological polar surface area (TPSA) is 41.1 Å². The summed E-state index contributed by atoms with van der Waals surface area (Å²) in [6, 6.07) is 0. The maximum atomic E-state index is 4.54. The molecule has 2 rings (SSSR count). The second-order valence-corrected chi connectivity index (χ2v) is 5.82. The number of halogens is 1. The van der Waals surface area contributed by atoms with Crippen molar-refractivity contribution < 1.29 is 0 Å². The molecule has 1 fully saturated rings. The van der Waals surface area contributed by atoms with Crippen LogP contribution in [0.4, 0.5) is 11.8 Å². The van der Waals surface area contributed by atoms with E-state index in [9.17, 15) is 0 Å². The average Bonchev–Trinajstić information content (AvgIpc) is 2.28. The summed E-state index contributed by atoms with van der Waals surface area (Å²) in [5, 5.41) is 2.99. The number of nitrogens with one attached hydrogen (secondary N) is 1. The van der Waals surface area contributed by atoms with Crippen LogP contribution in [0, 0.1) is 11.8 Å². The molecule has 0 spiro atoms. The second-order valence-electron chi connectivity index (χ2n) is 4.97. The SMILES string of the molecule is CNc1ncc(Br)c(N2CC(C)CC(C)C2)n1. The van der Waals surface area contributed by atoms with E-state index < -0.39 is 0 Å². The van der Waals surface area contributed by atoms with Crippen LogP contribution in [-0.4, -0.2) is 30.1 Å². The molecule has 5 heteroatoms. The zero-order valence-electron chi connectivity index (χ0n) is 10.6. The zero-order valence-corrected chi connectivity index (χ0v) is 12.2. The molecule has 0 bridgehead atoms. The molecule has 94 valence electrons.